The minimum Gasteiger partial charge on any atom is -0.371 e. The van der Waals surface area contributed by atoms with Crippen LogP contribution in [0.1, 0.15) is 5.56 Å². The summed E-state index contributed by atoms with van der Waals surface area (Å²) in [6.45, 7) is -0.259. The van der Waals surface area contributed by atoms with Crippen molar-refractivity contribution < 1.29 is 17.9 Å². The monoisotopic (exact) mass is 267 g/mol. The first-order valence-electron chi connectivity index (χ1n) is 5.07. The number of hydrogen-bond acceptors (Lipinski definition) is 2. The first kappa shape index (κ1) is 14.3. The summed E-state index contributed by atoms with van der Waals surface area (Å²) < 4.78 is 39.6. The van der Waals surface area contributed by atoms with Crippen LogP contribution in [-0.4, -0.2) is 25.9 Å². The average Bonchev–Trinajstić information content (AvgIpc) is 2.22. The Labute approximate surface area is 103 Å². The van der Waals surface area contributed by atoms with Crippen LogP contribution in [0.25, 0.3) is 0 Å². The van der Waals surface area contributed by atoms with Gasteiger partial charge in [-0.1, -0.05) is 23.7 Å². The third-order valence-electron chi connectivity index (χ3n) is 1.91. The smallest absolute Gasteiger partial charge is 0.371 e. The summed E-state index contributed by atoms with van der Waals surface area (Å²) in [6.07, 6.45) is -4.26. The number of ether oxygens (including phenoxy) is 1. The highest BCUT2D eigenvalue weighted by Gasteiger charge is 2.27. The van der Waals surface area contributed by atoms with E-state index in [4.69, 9.17) is 11.6 Å². The maximum atomic E-state index is 11.7. The molecule has 0 heterocycles. The molecule has 0 unspecified atom stereocenters. The molecule has 0 aliphatic heterocycles. The van der Waals surface area contributed by atoms with Gasteiger partial charge < -0.3 is 10.1 Å². The zero-order chi connectivity index (χ0) is 12.7. The first-order valence-corrected chi connectivity index (χ1v) is 5.45. The first-order chi connectivity index (χ1) is 7.97. The quantitative estimate of drug-likeness (QED) is 0.800. The molecule has 1 aromatic carbocycles. The molecular weight excluding hydrogens is 255 g/mol. The lowest BCUT2D eigenvalue weighted by Crippen LogP contribution is -2.23. The van der Waals surface area contributed by atoms with Gasteiger partial charge in [-0.05, 0) is 17.7 Å². The minimum absolute atomic E-state index is 0.0279. The lowest BCUT2D eigenvalue weighted by molar-refractivity contribution is -0.173. The van der Waals surface area contributed by atoms with Gasteiger partial charge in [-0.25, -0.2) is 0 Å². The van der Waals surface area contributed by atoms with Crippen LogP contribution < -0.4 is 5.32 Å². The number of hydrogen-bond donors (Lipinski definition) is 1. The summed E-state index contributed by atoms with van der Waals surface area (Å²) in [6, 6.07) is 7.26. The van der Waals surface area contributed by atoms with E-state index in [-0.39, 0.29) is 6.61 Å². The van der Waals surface area contributed by atoms with Crippen LogP contribution in [0.2, 0.25) is 5.02 Å². The molecule has 6 heteroatoms. The van der Waals surface area contributed by atoms with Gasteiger partial charge in [-0.15, -0.1) is 0 Å². The highest BCUT2D eigenvalue weighted by atomic mass is 35.5. The van der Waals surface area contributed by atoms with E-state index >= 15 is 0 Å². The van der Waals surface area contributed by atoms with Crippen LogP contribution in [0.5, 0.6) is 0 Å². The van der Waals surface area contributed by atoms with Crippen LogP contribution in [0.4, 0.5) is 13.2 Å². The number of alkyl halides is 3. The molecule has 1 N–H and O–H groups in total. The van der Waals surface area contributed by atoms with Crippen molar-refractivity contribution in [1.29, 1.82) is 0 Å². The number of nitrogens with one attached hydrogen (secondary N) is 1. The van der Waals surface area contributed by atoms with Crippen molar-refractivity contribution in [2.75, 3.05) is 19.8 Å². The predicted octanol–water partition coefficient (Wildman–Crippen LogP) is 3.01. The molecular formula is C11H13ClF3NO. The highest BCUT2D eigenvalue weighted by molar-refractivity contribution is 6.30. The van der Waals surface area contributed by atoms with Crippen molar-refractivity contribution in [3.8, 4) is 0 Å². The molecule has 0 radical (unpaired) electrons. The van der Waals surface area contributed by atoms with Gasteiger partial charge in [-0.2, -0.15) is 13.2 Å². The molecule has 0 fully saturated rings. The van der Waals surface area contributed by atoms with Crippen LogP contribution in [-0.2, 0) is 11.3 Å². The molecule has 0 spiro atoms. The van der Waals surface area contributed by atoms with Crippen molar-refractivity contribution >= 4 is 11.6 Å². The molecule has 0 saturated heterocycles. The molecule has 0 aromatic heterocycles. The Hall–Kier alpha value is -0.780. The summed E-state index contributed by atoms with van der Waals surface area (Å²) in [5.41, 5.74) is 0.980. The number of halogens is 4. The van der Waals surface area contributed by atoms with Crippen molar-refractivity contribution in [1.82, 2.24) is 5.32 Å². The van der Waals surface area contributed by atoms with E-state index in [0.29, 0.717) is 18.1 Å². The maximum Gasteiger partial charge on any atom is 0.411 e. The molecule has 96 valence electrons. The second kappa shape index (κ2) is 6.83. The topological polar surface area (TPSA) is 21.3 Å². The Morgan fingerprint density at radius 2 is 2.06 bits per heavy atom. The second-order valence-corrected chi connectivity index (χ2v) is 3.91. The van der Waals surface area contributed by atoms with E-state index in [1.54, 1.807) is 12.1 Å². The Bertz CT molecular complexity index is 344. The minimum atomic E-state index is -4.26. The zero-order valence-electron chi connectivity index (χ0n) is 9.06. The van der Waals surface area contributed by atoms with Crippen LogP contribution >= 0.6 is 11.6 Å². The molecule has 0 atom stereocenters. The molecule has 1 aromatic rings. The van der Waals surface area contributed by atoms with Crippen molar-refractivity contribution in [3.63, 3.8) is 0 Å². The van der Waals surface area contributed by atoms with Crippen molar-refractivity contribution in [2.24, 2.45) is 0 Å². The van der Waals surface area contributed by atoms with Gasteiger partial charge in [0.1, 0.15) is 6.61 Å². The van der Waals surface area contributed by atoms with Gasteiger partial charge in [-0.3, -0.25) is 0 Å². The Balaban J connectivity index is 2.09. The van der Waals surface area contributed by atoms with E-state index in [1.807, 2.05) is 12.1 Å². The van der Waals surface area contributed by atoms with Crippen molar-refractivity contribution in [2.45, 2.75) is 12.7 Å². The fourth-order valence-corrected chi connectivity index (χ4v) is 1.42. The lowest BCUT2D eigenvalue weighted by Gasteiger charge is -2.08. The second-order valence-electron chi connectivity index (χ2n) is 3.47. The van der Waals surface area contributed by atoms with Crippen molar-refractivity contribution in [3.05, 3.63) is 34.9 Å². The van der Waals surface area contributed by atoms with Gasteiger partial charge >= 0.3 is 6.18 Å². The number of benzene rings is 1. The molecule has 0 aliphatic rings. The van der Waals surface area contributed by atoms with E-state index < -0.39 is 12.8 Å². The van der Waals surface area contributed by atoms with Crippen LogP contribution in [0, 0.1) is 0 Å². The molecule has 0 amide bonds. The highest BCUT2D eigenvalue weighted by Crippen LogP contribution is 2.14. The molecule has 0 aliphatic carbocycles. The normalized spacial score (nSPS) is 11.8. The standard InChI is InChI=1S/C11H13ClF3NO/c12-10-3-1-2-9(6-10)7-16-4-5-17-8-11(13,14)15/h1-3,6,16H,4-5,7-8H2. The summed E-state index contributed by atoms with van der Waals surface area (Å²) in [5.74, 6) is 0. The molecule has 1 rings (SSSR count). The fraction of sp³-hybridized carbons (Fsp3) is 0.455. The molecule has 2 nitrogen and oxygen atoms in total. The third kappa shape index (κ3) is 7.20. The number of rotatable bonds is 6. The van der Waals surface area contributed by atoms with E-state index in [9.17, 15) is 13.2 Å². The van der Waals surface area contributed by atoms with Gasteiger partial charge in [0.15, 0.2) is 0 Å². The molecule has 0 saturated carbocycles. The van der Waals surface area contributed by atoms with Gasteiger partial charge in [0, 0.05) is 18.1 Å². The third-order valence-corrected chi connectivity index (χ3v) is 2.14. The largest absolute Gasteiger partial charge is 0.411 e. The van der Waals surface area contributed by atoms with Gasteiger partial charge in [0.2, 0.25) is 0 Å². The maximum absolute atomic E-state index is 11.7. The summed E-state index contributed by atoms with van der Waals surface area (Å²) in [5, 5.41) is 3.60. The Kier molecular flexibility index (Phi) is 5.74. The summed E-state index contributed by atoms with van der Waals surface area (Å²) in [7, 11) is 0. The fourth-order valence-electron chi connectivity index (χ4n) is 1.21. The van der Waals surface area contributed by atoms with Gasteiger partial charge in [0.05, 0.1) is 6.61 Å². The SMILES string of the molecule is FC(F)(F)COCCNCc1cccc(Cl)c1. The van der Waals surface area contributed by atoms with E-state index in [0.717, 1.165) is 5.56 Å². The molecule has 0 bridgehead atoms. The van der Waals surface area contributed by atoms with E-state index in [1.165, 1.54) is 0 Å². The summed E-state index contributed by atoms with van der Waals surface area (Å²) in [4.78, 5) is 0. The van der Waals surface area contributed by atoms with Crippen LogP contribution in [0.3, 0.4) is 0 Å². The summed E-state index contributed by atoms with van der Waals surface area (Å²) >= 11 is 5.78. The van der Waals surface area contributed by atoms with E-state index in [2.05, 4.69) is 10.1 Å². The van der Waals surface area contributed by atoms with Gasteiger partial charge in [0.25, 0.3) is 0 Å². The van der Waals surface area contributed by atoms with Crippen LogP contribution in [0.15, 0.2) is 24.3 Å². The predicted molar refractivity (Wildman–Crippen MR) is 60.0 cm³/mol. The molecule has 17 heavy (non-hydrogen) atoms. The lowest BCUT2D eigenvalue weighted by atomic mass is 10.2. The Morgan fingerprint density at radius 3 is 2.71 bits per heavy atom. The average molecular weight is 268 g/mol. The Morgan fingerprint density at radius 1 is 1.29 bits per heavy atom. The zero-order valence-corrected chi connectivity index (χ0v) is 9.81.